The molecule has 9 nitrogen and oxygen atoms in total. The first-order valence-corrected chi connectivity index (χ1v) is 5.22. The van der Waals surface area contributed by atoms with Crippen LogP contribution in [-0.4, -0.2) is 86.6 Å². The minimum absolute atomic E-state index is 0.651. The molecule has 1 aliphatic heterocycles. The summed E-state index contributed by atoms with van der Waals surface area (Å²) < 4.78 is 9.67. The van der Waals surface area contributed by atoms with E-state index >= 15 is 0 Å². The SMILES string of the molecule is O=C(O)[C@H](CO)O[C@@H]1O[C@H](CO)[C@H](O)[C@H](O)[C@H]1O. The molecule has 0 radical (unpaired) electrons. The van der Waals surface area contributed by atoms with Crippen molar-refractivity contribution >= 4 is 5.97 Å². The Morgan fingerprint density at radius 2 is 1.78 bits per heavy atom. The van der Waals surface area contributed by atoms with Gasteiger partial charge in [-0.3, -0.25) is 0 Å². The molecule has 1 saturated heterocycles. The van der Waals surface area contributed by atoms with Crippen LogP contribution in [0.25, 0.3) is 0 Å². The quantitative estimate of drug-likeness (QED) is 0.294. The summed E-state index contributed by atoms with van der Waals surface area (Å²) in [6, 6.07) is 0. The largest absolute Gasteiger partial charge is 0.479 e. The smallest absolute Gasteiger partial charge is 0.335 e. The summed E-state index contributed by atoms with van der Waals surface area (Å²) in [6.45, 7) is -1.51. The Bertz CT molecular complexity index is 281. The molecule has 1 heterocycles. The van der Waals surface area contributed by atoms with E-state index in [9.17, 15) is 20.1 Å². The molecule has 6 atom stereocenters. The zero-order valence-corrected chi connectivity index (χ0v) is 9.29. The second-order valence-corrected chi connectivity index (χ2v) is 3.84. The summed E-state index contributed by atoms with van der Waals surface area (Å²) in [5, 5.41) is 54.7. The maximum Gasteiger partial charge on any atom is 0.335 e. The molecule has 0 aliphatic carbocycles. The Morgan fingerprint density at radius 1 is 1.17 bits per heavy atom. The van der Waals surface area contributed by atoms with E-state index in [1.165, 1.54) is 0 Å². The summed E-state index contributed by atoms with van der Waals surface area (Å²) in [6.07, 6.45) is -9.32. The fraction of sp³-hybridized carbons (Fsp3) is 0.889. The van der Waals surface area contributed by atoms with E-state index in [1.807, 2.05) is 0 Å². The Kier molecular flexibility index (Phi) is 5.41. The van der Waals surface area contributed by atoms with Gasteiger partial charge in [-0.25, -0.2) is 4.79 Å². The molecule has 6 N–H and O–H groups in total. The molecule has 0 aromatic heterocycles. The second-order valence-electron chi connectivity index (χ2n) is 3.84. The summed E-state index contributed by atoms with van der Waals surface area (Å²) >= 11 is 0. The van der Waals surface area contributed by atoms with Crippen LogP contribution in [0, 0.1) is 0 Å². The Balaban J connectivity index is 2.72. The van der Waals surface area contributed by atoms with Gasteiger partial charge in [0, 0.05) is 0 Å². The van der Waals surface area contributed by atoms with Crippen molar-refractivity contribution in [3.05, 3.63) is 0 Å². The molecule has 0 amide bonds. The Hall–Kier alpha value is -0.810. The molecule has 0 aromatic carbocycles. The normalized spacial score (nSPS) is 38.4. The van der Waals surface area contributed by atoms with Crippen molar-refractivity contribution in [2.45, 2.75) is 36.8 Å². The number of ether oxygens (including phenoxy) is 2. The highest BCUT2D eigenvalue weighted by Crippen LogP contribution is 2.22. The van der Waals surface area contributed by atoms with E-state index in [1.54, 1.807) is 0 Å². The van der Waals surface area contributed by atoms with Crippen molar-refractivity contribution < 1.29 is 44.9 Å². The monoisotopic (exact) mass is 268 g/mol. The van der Waals surface area contributed by atoms with Crippen LogP contribution in [0.3, 0.4) is 0 Å². The first-order chi connectivity index (χ1) is 8.42. The number of aliphatic hydroxyl groups excluding tert-OH is 5. The summed E-state index contributed by atoms with van der Waals surface area (Å²) in [4.78, 5) is 10.6. The maximum atomic E-state index is 10.6. The van der Waals surface area contributed by atoms with E-state index in [0.717, 1.165) is 0 Å². The fourth-order valence-electron chi connectivity index (χ4n) is 1.52. The highest BCUT2D eigenvalue weighted by Gasteiger charge is 2.45. The lowest BCUT2D eigenvalue weighted by molar-refractivity contribution is -0.311. The number of hydrogen-bond donors (Lipinski definition) is 6. The molecular weight excluding hydrogens is 252 g/mol. The zero-order valence-electron chi connectivity index (χ0n) is 9.29. The average molecular weight is 268 g/mol. The lowest BCUT2D eigenvalue weighted by atomic mass is 9.99. The van der Waals surface area contributed by atoms with Crippen molar-refractivity contribution in [1.82, 2.24) is 0 Å². The molecule has 0 unspecified atom stereocenters. The predicted octanol–water partition coefficient (Wildman–Crippen LogP) is -3.75. The number of rotatable bonds is 5. The van der Waals surface area contributed by atoms with Crippen molar-refractivity contribution in [2.75, 3.05) is 13.2 Å². The van der Waals surface area contributed by atoms with Gasteiger partial charge >= 0.3 is 5.97 Å². The molecule has 0 saturated carbocycles. The van der Waals surface area contributed by atoms with Crippen LogP contribution in [0.5, 0.6) is 0 Å². The molecule has 0 bridgehead atoms. The molecule has 1 aliphatic rings. The lowest BCUT2D eigenvalue weighted by Crippen LogP contribution is -2.60. The molecule has 18 heavy (non-hydrogen) atoms. The number of aliphatic carboxylic acids is 1. The van der Waals surface area contributed by atoms with Gasteiger partial charge in [-0.2, -0.15) is 0 Å². The zero-order chi connectivity index (χ0) is 13.9. The molecular formula is C9H16O9. The van der Waals surface area contributed by atoms with Gasteiger partial charge < -0.3 is 40.1 Å². The van der Waals surface area contributed by atoms with Gasteiger partial charge in [-0.1, -0.05) is 0 Å². The van der Waals surface area contributed by atoms with Gasteiger partial charge in [-0.05, 0) is 0 Å². The Labute approximate surface area is 102 Å². The third-order valence-corrected chi connectivity index (χ3v) is 2.59. The summed E-state index contributed by atoms with van der Waals surface area (Å²) in [5.41, 5.74) is 0. The maximum absolute atomic E-state index is 10.6. The standard InChI is InChI=1S/C9H16O9/c10-1-3-5(12)6(13)7(14)9(17-3)18-4(2-11)8(15)16/h3-7,9-14H,1-2H2,(H,15,16)/t3-,4+,5+,6+,7-,9+/m1/s1. The number of carboxylic acids is 1. The van der Waals surface area contributed by atoms with Gasteiger partial charge in [0.15, 0.2) is 12.4 Å². The van der Waals surface area contributed by atoms with Crippen LogP contribution >= 0.6 is 0 Å². The minimum Gasteiger partial charge on any atom is -0.479 e. The second kappa shape index (κ2) is 6.38. The molecule has 1 rings (SSSR count). The first kappa shape index (κ1) is 15.2. The van der Waals surface area contributed by atoms with Crippen LogP contribution in [0.2, 0.25) is 0 Å². The number of hydrogen-bond acceptors (Lipinski definition) is 8. The summed E-state index contributed by atoms with van der Waals surface area (Å²) in [5.74, 6) is -1.48. The number of aliphatic hydroxyl groups is 5. The summed E-state index contributed by atoms with van der Waals surface area (Å²) in [7, 11) is 0. The van der Waals surface area contributed by atoms with Gasteiger partial charge in [0.1, 0.15) is 24.4 Å². The molecule has 9 heteroatoms. The van der Waals surface area contributed by atoms with Gasteiger partial charge in [0.25, 0.3) is 0 Å². The van der Waals surface area contributed by atoms with Gasteiger partial charge in [0.2, 0.25) is 0 Å². The molecule has 1 fully saturated rings. The third-order valence-electron chi connectivity index (χ3n) is 2.59. The minimum atomic E-state index is -1.70. The lowest BCUT2D eigenvalue weighted by Gasteiger charge is -2.40. The van der Waals surface area contributed by atoms with Gasteiger partial charge in [-0.15, -0.1) is 0 Å². The van der Waals surface area contributed by atoms with E-state index in [0.29, 0.717) is 0 Å². The van der Waals surface area contributed by atoms with Crippen molar-refractivity contribution in [1.29, 1.82) is 0 Å². The fourth-order valence-corrected chi connectivity index (χ4v) is 1.52. The topological polar surface area (TPSA) is 157 Å². The van der Waals surface area contributed by atoms with Crippen LogP contribution in [0.1, 0.15) is 0 Å². The van der Waals surface area contributed by atoms with E-state index in [2.05, 4.69) is 0 Å². The van der Waals surface area contributed by atoms with Crippen LogP contribution in [0.4, 0.5) is 0 Å². The highest BCUT2D eigenvalue weighted by molar-refractivity contribution is 5.72. The van der Waals surface area contributed by atoms with Crippen molar-refractivity contribution in [3.63, 3.8) is 0 Å². The van der Waals surface area contributed by atoms with E-state index in [4.69, 9.17) is 24.8 Å². The number of carboxylic acid groups (broad SMARTS) is 1. The highest BCUT2D eigenvalue weighted by atomic mass is 16.7. The predicted molar refractivity (Wildman–Crippen MR) is 53.4 cm³/mol. The van der Waals surface area contributed by atoms with E-state index in [-0.39, 0.29) is 0 Å². The Morgan fingerprint density at radius 3 is 2.22 bits per heavy atom. The molecule has 0 aromatic rings. The molecule has 0 spiro atoms. The average Bonchev–Trinajstić information content (AvgIpc) is 2.35. The van der Waals surface area contributed by atoms with E-state index < -0.39 is 56.0 Å². The van der Waals surface area contributed by atoms with Crippen LogP contribution in [0.15, 0.2) is 0 Å². The molecule has 106 valence electrons. The van der Waals surface area contributed by atoms with Crippen molar-refractivity contribution in [2.24, 2.45) is 0 Å². The number of carbonyl (C=O) groups is 1. The van der Waals surface area contributed by atoms with Crippen LogP contribution < -0.4 is 0 Å². The third kappa shape index (κ3) is 3.14. The van der Waals surface area contributed by atoms with Gasteiger partial charge in [0.05, 0.1) is 13.2 Å². The van der Waals surface area contributed by atoms with Crippen molar-refractivity contribution in [3.8, 4) is 0 Å². The van der Waals surface area contributed by atoms with Crippen LogP contribution in [-0.2, 0) is 14.3 Å². The first-order valence-electron chi connectivity index (χ1n) is 5.22.